The maximum atomic E-state index is 11.3. The maximum absolute atomic E-state index is 11.3. The summed E-state index contributed by atoms with van der Waals surface area (Å²) in [6, 6.07) is -0.455. The van der Waals surface area contributed by atoms with E-state index >= 15 is 0 Å². The number of likely N-dealkylation sites (tertiary alicyclic amines) is 1. The molecule has 1 fully saturated rings. The molecule has 4 nitrogen and oxygen atoms in total. The smallest absolute Gasteiger partial charge is 0.322 e. The Morgan fingerprint density at radius 1 is 1.31 bits per heavy atom. The van der Waals surface area contributed by atoms with Crippen molar-refractivity contribution in [2.24, 2.45) is 5.73 Å². The summed E-state index contributed by atoms with van der Waals surface area (Å²) in [5, 5.41) is 0. The molecule has 16 heavy (non-hydrogen) atoms. The third kappa shape index (κ3) is 4.94. The minimum absolute atomic E-state index is 0.266. The van der Waals surface area contributed by atoms with Crippen molar-refractivity contribution in [3.8, 4) is 0 Å². The molecule has 0 aromatic heterocycles. The maximum Gasteiger partial charge on any atom is 0.322 e. The predicted molar refractivity (Wildman–Crippen MR) is 64.1 cm³/mol. The molecule has 0 aliphatic carbocycles. The van der Waals surface area contributed by atoms with Crippen molar-refractivity contribution in [1.82, 2.24) is 4.90 Å². The zero-order chi connectivity index (χ0) is 11.8. The van der Waals surface area contributed by atoms with Gasteiger partial charge in [0.15, 0.2) is 0 Å². The molecule has 94 valence electrons. The fourth-order valence-corrected chi connectivity index (χ4v) is 2.05. The Morgan fingerprint density at radius 2 is 1.94 bits per heavy atom. The Balaban J connectivity index is 2.19. The summed E-state index contributed by atoms with van der Waals surface area (Å²) in [5.41, 5.74) is 5.76. The molecule has 1 heterocycles. The summed E-state index contributed by atoms with van der Waals surface area (Å²) in [6.07, 6.45) is 5.92. The van der Waals surface area contributed by atoms with Crippen molar-refractivity contribution in [3.63, 3.8) is 0 Å². The van der Waals surface area contributed by atoms with E-state index in [0.29, 0.717) is 13.0 Å². The Labute approximate surface area is 98.1 Å². The topological polar surface area (TPSA) is 55.6 Å². The zero-order valence-electron chi connectivity index (χ0n) is 10.3. The first-order valence-corrected chi connectivity index (χ1v) is 6.38. The van der Waals surface area contributed by atoms with E-state index in [1.807, 2.05) is 0 Å². The van der Waals surface area contributed by atoms with Crippen LogP contribution < -0.4 is 5.73 Å². The van der Waals surface area contributed by atoms with Crippen LogP contribution in [0.25, 0.3) is 0 Å². The van der Waals surface area contributed by atoms with Crippen molar-refractivity contribution in [3.05, 3.63) is 0 Å². The molecule has 0 aromatic carbocycles. The number of esters is 1. The third-order valence-electron chi connectivity index (χ3n) is 3.04. The summed E-state index contributed by atoms with van der Waals surface area (Å²) in [6.45, 7) is 5.43. The van der Waals surface area contributed by atoms with E-state index in [1.165, 1.54) is 25.7 Å². The SMILES string of the molecule is CCOC(=O)C(N)CCN1CCCCCC1. The van der Waals surface area contributed by atoms with Gasteiger partial charge in [0, 0.05) is 6.54 Å². The van der Waals surface area contributed by atoms with Gasteiger partial charge in [-0.25, -0.2) is 0 Å². The third-order valence-corrected chi connectivity index (χ3v) is 3.04. The molecule has 1 aliphatic rings. The van der Waals surface area contributed by atoms with Crippen LogP contribution in [0.1, 0.15) is 39.0 Å². The highest BCUT2D eigenvalue weighted by molar-refractivity contribution is 5.75. The number of nitrogens with two attached hydrogens (primary N) is 1. The molecule has 0 amide bonds. The molecule has 1 rings (SSSR count). The fourth-order valence-electron chi connectivity index (χ4n) is 2.05. The van der Waals surface area contributed by atoms with Crippen LogP contribution in [0, 0.1) is 0 Å². The summed E-state index contributed by atoms with van der Waals surface area (Å²) in [5.74, 6) is -0.266. The van der Waals surface area contributed by atoms with Crippen LogP contribution in [0.5, 0.6) is 0 Å². The quantitative estimate of drug-likeness (QED) is 0.717. The number of carbonyl (C=O) groups is 1. The van der Waals surface area contributed by atoms with Gasteiger partial charge in [0.2, 0.25) is 0 Å². The van der Waals surface area contributed by atoms with Gasteiger partial charge in [-0.05, 0) is 39.3 Å². The molecule has 2 N–H and O–H groups in total. The summed E-state index contributed by atoms with van der Waals surface area (Å²) in [7, 11) is 0. The average Bonchev–Trinajstić information content (AvgIpc) is 2.54. The molecular weight excluding hydrogens is 204 g/mol. The van der Waals surface area contributed by atoms with Crippen LogP contribution in [-0.2, 0) is 9.53 Å². The summed E-state index contributed by atoms with van der Waals surface area (Å²) in [4.78, 5) is 13.7. The molecule has 0 spiro atoms. The molecule has 4 heteroatoms. The first-order chi connectivity index (χ1) is 7.74. The van der Waals surface area contributed by atoms with E-state index in [9.17, 15) is 4.79 Å². The second-order valence-corrected chi connectivity index (χ2v) is 4.40. The molecule has 0 bridgehead atoms. The van der Waals surface area contributed by atoms with Gasteiger partial charge in [0.05, 0.1) is 6.61 Å². The van der Waals surface area contributed by atoms with Gasteiger partial charge in [0.25, 0.3) is 0 Å². The fraction of sp³-hybridized carbons (Fsp3) is 0.917. The van der Waals surface area contributed by atoms with Gasteiger partial charge in [0.1, 0.15) is 6.04 Å². The van der Waals surface area contributed by atoms with E-state index in [2.05, 4.69) is 4.90 Å². The first kappa shape index (κ1) is 13.5. The monoisotopic (exact) mass is 228 g/mol. The van der Waals surface area contributed by atoms with E-state index < -0.39 is 6.04 Å². The van der Waals surface area contributed by atoms with Crippen molar-refractivity contribution in [2.75, 3.05) is 26.2 Å². The Morgan fingerprint density at radius 3 is 2.50 bits per heavy atom. The van der Waals surface area contributed by atoms with Crippen molar-refractivity contribution in [2.45, 2.75) is 45.1 Å². The van der Waals surface area contributed by atoms with Crippen LogP contribution in [-0.4, -0.2) is 43.2 Å². The minimum Gasteiger partial charge on any atom is -0.465 e. The van der Waals surface area contributed by atoms with Crippen LogP contribution in [0.3, 0.4) is 0 Å². The van der Waals surface area contributed by atoms with Crippen molar-refractivity contribution < 1.29 is 9.53 Å². The standard InChI is InChI=1S/C12H24N2O2/c1-2-16-12(15)11(13)7-10-14-8-5-3-4-6-9-14/h11H,2-10,13H2,1H3. The highest BCUT2D eigenvalue weighted by Gasteiger charge is 2.16. The highest BCUT2D eigenvalue weighted by atomic mass is 16.5. The minimum atomic E-state index is -0.455. The lowest BCUT2D eigenvalue weighted by Gasteiger charge is -2.21. The molecule has 1 saturated heterocycles. The van der Waals surface area contributed by atoms with Crippen LogP contribution in [0.15, 0.2) is 0 Å². The average molecular weight is 228 g/mol. The van der Waals surface area contributed by atoms with Crippen LogP contribution >= 0.6 is 0 Å². The van der Waals surface area contributed by atoms with Crippen molar-refractivity contribution in [1.29, 1.82) is 0 Å². The van der Waals surface area contributed by atoms with Gasteiger partial charge >= 0.3 is 5.97 Å². The van der Waals surface area contributed by atoms with Crippen molar-refractivity contribution >= 4 is 5.97 Å². The number of nitrogens with zero attached hydrogens (tertiary/aromatic N) is 1. The Kier molecular flexibility index (Phi) is 6.42. The van der Waals surface area contributed by atoms with E-state index in [-0.39, 0.29) is 5.97 Å². The largest absolute Gasteiger partial charge is 0.465 e. The van der Waals surface area contributed by atoms with E-state index in [4.69, 9.17) is 10.5 Å². The van der Waals surface area contributed by atoms with Crippen LogP contribution in [0.2, 0.25) is 0 Å². The second kappa shape index (κ2) is 7.63. The van der Waals surface area contributed by atoms with Gasteiger partial charge < -0.3 is 15.4 Å². The molecule has 0 aromatic rings. The van der Waals surface area contributed by atoms with Gasteiger partial charge in [-0.1, -0.05) is 12.8 Å². The normalized spacial score (nSPS) is 20.1. The Hall–Kier alpha value is -0.610. The molecular formula is C12H24N2O2. The molecule has 0 radical (unpaired) electrons. The number of hydrogen-bond donors (Lipinski definition) is 1. The van der Waals surface area contributed by atoms with E-state index in [1.54, 1.807) is 6.92 Å². The van der Waals surface area contributed by atoms with Gasteiger partial charge in [-0.2, -0.15) is 0 Å². The number of carbonyl (C=O) groups excluding carboxylic acids is 1. The Bertz CT molecular complexity index is 201. The van der Waals surface area contributed by atoms with E-state index in [0.717, 1.165) is 19.6 Å². The lowest BCUT2D eigenvalue weighted by atomic mass is 10.2. The molecule has 0 saturated carbocycles. The lowest BCUT2D eigenvalue weighted by Crippen LogP contribution is -2.37. The lowest BCUT2D eigenvalue weighted by molar-refractivity contribution is -0.144. The summed E-state index contributed by atoms with van der Waals surface area (Å²) >= 11 is 0. The molecule has 1 aliphatic heterocycles. The zero-order valence-corrected chi connectivity index (χ0v) is 10.3. The number of hydrogen-bond acceptors (Lipinski definition) is 4. The molecule has 1 atom stereocenters. The number of rotatable bonds is 5. The van der Waals surface area contributed by atoms with Crippen LogP contribution in [0.4, 0.5) is 0 Å². The first-order valence-electron chi connectivity index (χ1n) is 6.38. The highest BCUT2D eigenvalue weighted by Crippen LogP contribution is 2.10. The molecule has 1 unspecified atom stereocenters. The number of ether oxygens (including phenoxy) is 1. The van der Waals surface area contributed by atoms with Gasteiger partial charge in [-0.3, -0.25) is 4.79 Å². The second-order valence-electron chi connectivity index (χ2n) is 4.40. The predicted octanol–water partition coefficient (Wildman–Crippen LogP) is 1.14. The summed E-state index contributed by atoms with van der Waals surface area (Å²) < 4.78 is 4.89. The van der Waals surface area contributed by atoms with Gasteiger partial charge in [-0.15, -0.1) is 0 Å².